The van der Waals surface area contributed by atoms with Crippen molar-refractivity contribution in [3.8, 4) is 5.75 Å². The van der Waals surface area contributed by atoms with E-state index in [1.54, 1.807) is 30.5 Å². The zero-order valence-electron chi connectivity index (χ0n) is 18.8. The number of piperazine rings is 1. The van der Waals surface area contributed by atoms with Gasteiger partial charge < -0.3 is 15.7 Å². The van der Waals surface area contributed by atoms with Crippen molar-refractivity contribution < 1.29 is 9.50 Å². The number of rotatable bonds is 7. The smallest absolute Gasteiger partial charge is 0.223 e. The summed E-state index contributed by atoms with van der Waals surface area (Å²) >= 11 is 0. The number of anilines is 1. The van der Waals surface area contributed by atoms with Crippen LogP contribution in [0.2, 0.25) is 0 Å². The van der Waals surface area contributed by atoms with Crippen molar-refractivity contribution in [2.75, 3.05) is 31.5 Å². The first kappa shape index (κ1) is 22.4. The zero-order chi connectivity index (χ0) is 22.5. The molecule has 32 heavy (non-hydrogen) atoms. The Hall–Kier alpha value is -2.77. The van der Waals surface area contributed by atoms with Crippen molar-refractivity contribution in [3.63, 3.8) is 0 Å². The van der Waals surface area contributed by atoms with Gasteiger partial charge in [0, 0.05) is 50.0 Å². The molecule has 4 rings (SSSR count). The van der Waals surface area contributed by atoms with Crippen LogP contribution in [-0.2, 0) is 6.42 Å². The molecule has 1 aliphatic carbocycles. The third-order valence-corrected chi connectivity index (χ3v) is 6.16. The van der Waals surface area contributed by atoms with Gasteiger partial charge in [0.15, 0.2) is 0 Å². The minimum atomic E-state index is -0.215. The Morgan fingerprint density at radius 2 is 2.16 bits per heavy atom. The molecule has 1 fully saturated rings. The molecule has 7 heteroatoms. The molecule has 3 N–H and O–H groups in total. The lowest BCUT2D eigenvalue weighted by Crippen LogP contribution is -2.55. The third-order valence-electron chi connectivity index (χ3n) is 6.16. The van der Waals surface area contributed by atoms with Gasteiger partial charge in [-0.25, -0.2) is 14.4 Å². The van der Waals surface area contributed by atoms with Gasteiger partial charge in [-0.2, -0.15) is 0 Å². The van der Waals surface area contributed by atoms with Gasteiger partial charge in [0.2, 0.25) is 5.95 Å². The molecule has 0 saturated carbocycles. The Morgan fingerprint density at radius 1 is 1.28 bits per heavy atom. The maximum Gasteiger partial charge on any atom is 0.223 e. The van der Waals surface area contributed by atoms with Crippen LogP contribution in [-0.4, -0.2) is 58.2 Å². The summed E-state index contributed by atoms with van der Waals surface area (Å²) in [6.45, 7) is 7.97. The van der Waals surface area contributed by atoms with Crippen LogP contribution < -0.4 is 10.6 Å². The second-order valence-electron chi connectivity index (χ2n) is 8.85. The first-order valence-corrected chi connectivity index (χ1v) is 11.4. The van der Waals surface area contributed by atoms with Crippen molar-refractivity contribution >= 4 is 11.5 Å². The van der Waals surface area contributed by atoms with Crippen molar-refractivity contribution in [1.29, 1.82) is 0 Å². The third kappa shape index (κ3) is 5.72. The highest BCUT2D eigenvalue weighted by Crippen LogP contribution is 2.31. The first-order valence-electron chi connectivity index (χ1n) is 11.4. The van der Waals surface area contributed by atoms with Crippen LogP contribution in [0.25, 0.3) is 5.57 Å². The monoisotopic (exact) mass is 437 g/mol. The second-order valence-corrected chi connectivity index (χ2v) is 8.85. The van der Waals surface area contributed by atoms with Crippen molar-refractivity contribution in [2.24, 2.45) is 5.92 Å². The number of aromatic nitrogens is 2. The fraction of sp³-hybridized carbons (Fsp3) is 0.440. The van der Waals surface area contributed by atoms with Crippen LogP contribution in [0, 0.1) is 5.92 Å². The summed E-state index contributed by atoms with van der Waals surface area (Å²) in [5.41, 5.74) is 2.17. The number of hydrogen-bond acceptors (Lipinski definition) is 6. The number of allylic oxidation sites excluding steroid dienone is 3. The van der Waals surface area contributed by atoms with Crippen molar-refractivity contribution in [3.05, 3.63) is 65.8 Å². The molecule has 2 heterocycles. The van der Waals surface area contributed by atoms with Crippen LogP contribution in [0.3, 0.4) is 0 Å². The lowest BCUT2D eigenvalue weighted by atomic mass is 9.92. The number of nitrogens with zero attached hydrogens (tertiary/aromatic N) is 3. The van der Waals surface area contributed by atoms with E-state index < -0.39 is 0 Å². The molecule has 6 nitrogen and oxygen atoms in total. The van der Waals surface area contributed by atoms with E-state index in [1.165, 1.54) is 0 Å². The largest absolute Gasteiger partial charge is 0.508 e. The standard InChI is InChI=1S/C25H32FN5O/c1-17-15-31(18(2)14-29-17)16-20-6-7-23(26)22(13-20)24-9-11-28-25(30-24)27-10-8-19-4-3-5-21(32)12-19/h3-5,7,9,11-13,17-18,20,29,32H,6,8,10,14-16H2,1-2H3,(H,27,28,30)/t17-,18-,20?/m1/s1. The van der Waals surface area contributed by atoms with Gasteiger partial charge in [-0.3, -0.25) is 4.90 Å². The van der Waals surface area contributed by atoms with E-state index in [1.807, 2.05) is 18.2 Å². The van der Waals surface area contributed by atoms with Crippen LogP contribution in [0.5, 0.6) is 5.75 Å². The number of phenols is 1. The highest BCUT2D eigenvalue weighted by molar-refractivity contribution is 5.76. The topological polar surface area (TPSA) is 73.3 Å². The molecule has 170 valence electrons. The summed E-state index contributed by atoms with van der Waals surface area (Å²) in [7, 11) is 0. The Balaban J connectivity index is 1.41. The van der Waals surface area contributed by atoms with E-state index in [-0.39, 0.29) is 17.5 Å². The summed E-state index contributed by atoms with van der Waals surface area (Å²) in [6.07, 6.45) is 6.82. The molecule has 1 aromatic carbocycles. The highest BCUT2D eigenvalue weighted by Gasteiger charge is 2.26. The minimum absolute atomic E-state index is 0.215. The van der Waals surface area contributed by atoms with Gasteiger partial charge in [-0.05, 0) is 62.4 Å². The quantitative estimate of drug-likeness (QED) is 0.612. The molecule has 1 aliphatic heterocycles. The van der Waals surface area contributed by atoms with E-state index >= 15 is 0 Å². The number of aromatic hydroxyl groups is 1. The predicted octanol–water partition coefficient (Wildman–Crippen LogP) is 3.78. The zero-order valence-corrected chi connectivity index (χ0v) is 18.8. The normalized spacial score (nSPS) is 24.0. The fourth-order valence-electron chi connectivity index (χ4n) is 4.36. The fourth-order valence-corrected chi connectivity index (χ4v) is 4.36. The number of halogens is 1. The van der Waals surface area contributed by atoms with E-state index in [9.17, 15) is 9.50 Å². The molecule has 0 amide bonds. The Labute approximate surface area is 189 Å². The van der Waals surface area contributed by atoms with Gasteiger partial charge in [0.05, 0.1) is 5.69 Å². The molecule has 2 aromatic rings. The molecule has 2 aliphatic rings. The maximum absolute atomic E-state index is 14.7. The SMILES string of the molecule is C[C@@H]1CN(CC2C=C(c3ccnc(NCCc4cccc(O)c4)n3)C(F)=CC2)[C@H](C)CN1. The van der Waals surface area contributed by atoms with E-state index in [0.29, 0.717) is 42.3 Å². The molecular weight excluding hydrogens is 405 g/mol. The Morgan fingerprint density at radius 3 is 3.00 bits per heavy atom. The summed E-state index contributed by atoms with van der Waals surface area (Å²) in [6, 6.07) is 9.89. The van der Waals surface area contributed by atoms with E-state index in [2.05, 4.69) is 39.3 Å². The van der Waals surface area contributed by atoms with Crippen LogP contribution in [0.4, 0.5) is 10.3 Å². The highest BCUT2D eigenvalue weighted by atomic mass is 19.1. The number of nitrogens with one attached hydrogen (secondary N) is 2. The molecule has 0 radical (unpaired) electrons. The summed E-state index contributed by atoms with van der Waals surface area (Å²) in [5.74, 6) is 0.774. The molecular formula is C25H32FN5O. The van der Waals surface area contributed by atoms with Gasteiger partial charge in [-0.15, -0.1) is 0 Å². The van der Waals surface area contributed by atoms with Gasteiger partial charge >= 0.3 is 0 Å². The maximum atomic E-state index is 14.7. The number of phenolic OH excluding ortho intramolecular Hbond substituents is 1. The van der Waals surface area contributed by atoms with Gasteiger partial charge in [0.1, 0.15) is 11.6 Å². The van der Waals surface area contributed by atoms with Crippen LogP contribution in [0.15, 0.2) is 54.5 Å². The molecule has 1 saturated heterocycles. The average molecular weight is 438 g/mol. The summed E-state index contributed by atoms with van der Waals surface area (Å²) in [5, 5.41) is 16.3. The lowest BCUT2D eigenvalue weighted by molar-refractivity contribution is 0.133. The van der Waals surface area contributed by atoms with Crippen LogP contribution >= 0.6 is 0 Å². The van der Waals surface area contributed by atoms with Crippen molar-refractivity contribution in [1.82, 2.24) is 20.2 Å². The molecule has 1 aromatic heterocycles. The summed E-state index contributed by atoms with van der Waals surface area (Å²) < 4.78 is 14.7. The lowest BCUT2D eigenvalue weighted by Gasteiger charge is -2.39. The number of benzene rings is 1. The Bertz CT molecular complexity index is 992. The molecule has 1 unspecified atom stereocenters. The van der Waals surface area contributed by atoms with E-state index in [0.717, 1.165) is 31.6 Å². The van der Waals surface area contributed by atoms with Crippen molar-refractivity contribution in [2.45, 2.75) is 38.8 Å². The molecule has 0 spiro atoms. The molecule has 0 bridgehead atoms. The first-order chi connectivity index (χ1) is 15.5. The van der Waals surface area contributed by atoms with Crippen LogP contribution in [0.1, 0.15) is 31.5 Å². The van der Waals surface area contributed by atoms with Gasteiger partial charge in [0.25, 0.3) is 0 Å². The molecule has 3 atom stereocenters. The predicted molar refractivity (Wildman–Crippen MR) is 126 cm³/mol. The van der Waals surface area contributed by atoms with E-state index in [4.69, 9.17) is 0 Å². The van der Waals surface area contributed by atoms with Gasteiger partial charge in [-0.1, -0.05) is 18.2 Å². The Kier molecular flexibility index (Phi) is 7.17. The minimum Gasteiger partial charge on any atom is -0.508 e. The summed E-state index contributed by atoms with van der Waals surface area (Å²) in [4.78, 5) is 11.3. The average Bonchev–Trinajstić information content (AvgIpc) is 2.78. The second kappa shape index (κ2) is 10.2. The number of hydrogen-bond donors (Lipinski definition) is 3.